The van der Waals surface area contributed by atoms with Crippen molar-refractivity contribution in [3.8, 4) is 11.3 Å². The summed E-state index contributed by atoms with van der Waals surface area (Å²) in [5, 5.41) is 6.98. The van der Waals surface area contributed by atoms with Crippen LogP contribution in [0.25, 0.3) is 11.3 Å². The maximum atomic E-state index is 7.83. The zero-order valence-corrected chi connectivity index (χ0v) is 9.26. The molecule has 1 aromatic carbocycles. The molecule has 0 amide bonds. The molecule has 2 aromatic rings. The van der Waals surface area contributed by atoms with Crippen molar-refractivity contribution in [3.05, 3.63) is 28.2 Å². The molecule has 7 heteroatoms. The summed E-state index contributed by atoms with van der Waals surface area (Å²) in [6.07, 6.45) is 0. The Morgan fingerprint density at radius 2 is 1.94 bits per heavy atom. The summed E-state index contributed by atoms with van der Waals surface area (Å²) in [5.41, 5.74) is 11.0. The van der Waals surface area contributed by atoms with Crippen molar-refractivity contribution in [2.24, 2.45) is 0 Å². The fraction of sp³-hybridized carbons (Fsp3) is 0. The van der Waals surface area contributed by atoms with Gasteiger partial charge in [0.15, 0.2) is 5.82 Å². The van der Waals surface area contributed by atoms with Gasteiger partial charge in [-0.2, -0.15) is 4.98 Å². The maximum Gasteiger partial charge on any atom is 0.242 e. The first-order chi connectivity index (χ1) is 8.84. The minimum Gasteiger partial charge on any atom is -0.382 e. The van der Waals surface area contributed by atoms with Crippen LogP contribution in [-0.4, -0.2) is 15.2 Å². The normalized spacial score (nSPS) is 13.0. The highest BCUT2D eigenvalue weighted by molar-refractivity contribution is 6.43. The number of hydrogen-bond acceptors (Lipinski definition) is 5. The molecular weight excluding hydrogens is 250 g/mol. The Kier molecular flexibility index (Phi) is 1.97. The highest BCUT2D eigenvalue weighted by atomic mass is 35.5. The first kappa shape index (κ1) is 7.65. The van der Waals surface area contributed by atoms with Crippen LogP contribution < -0.4 is 11.5 Å². The Bertz CT molecular complexity index is 650. The summed E-state index contributed by atoms with van der Waals surface area (Å²) >= 11 is 11.8. The minimum atomic E-state index is -0.387. The summed E-state index contributed by atoms with van der Waals surface area (Å²) in [6, 6.07) is -1.05. The van der Waals surface area contributed by atoms with Crippen LogP contribution in [0.2, 0.25) is 10.0 Å². The van der Waals surface area contributed by atoms with Gasteiger partial charge in [-0.25, -0.2) is 0 Å². The number of aromatic nitrogens is 3. The van der Waals surface area contributed by atoms with E-state index < -0.39 is 0 Å². The number of nitrogen functional groups attached to an aromatic ring is 2. The molecule has 2 rings (SSSR count). The summed E-state index contributed by atoms with van der Waals surface area (Å²) in [6.45, 7) is 0. The number of anilines is 2. The molecule has 0 spiro atoms. The van der Waals surface area contributed by atoms with Crippen molar-refractivity contribution in [3.63, 3.8) is 0 Å². The van der Waals surface area contributed by atoms with Crippen LogP contribution in [-0.2, 0) is 0 Å². The third kappa shape index (κ3) is 1.87. The molecule has 5 nitrogen and oxygen atoms in total. The molecule has 0 unspecified atom stereocenters. The fourth-order valence-corrected chi connectivity index (χ4v) is 1.39. The Morgan fingerprint density at radius 1 is 1.19 bits per heavy atom. The standard InChI is InChI=1S/C9H7Cl2N5/c10-5-3-1-2-4(6(5)11)7-8(12)14-9(13)16-15-7/h1-3H,(H4,12,13,14,16)/i1D,2D,3D,7+1. The molecule has 0 bridgehead atoms. The molecule has 1 heterocycles. The van der Waals surface area contributed by atoms with Crippen LogP contribution >= 0.6 is 23.2 Å². The summed E-state index contributed by atoms with van der Waals surface area (Å²) < 4.78 is 23.0. The second-order valence-electron chi connectivity index (χ2n) is 2.78. The predicted octanol–water partition coefficient (Wildman–Crippen LogP) is 2.01. The average molecular weight is 260 g/mol. The molecule has 0 aliphatic rings. The van der Waals surface area contributed by atoms with Crippen LogP contribution in [0.15, 0.2) is 18.1 Å². The van der Waals surface area contributed by atoms with Gasteiger partial charge in [-0.15, -0.1) is 10.2 Å². The molecule has 82 valence electrons. The second kappa shape index (κ2) is 4.11. The van der Waals surface area contributed by atoms with Gasteiger partial charge in [-0.1, -0.05) is 35.3 Å². The second-order valence-corrected chi connectivity index (χ2v) is 3.54. The van der Waals surface area contributed by atoms with Crippen molar-refractivity contribution in [1.29, 1.82) is 0 Å². The van der Waals surface area contributed by atoms with Crippen LogP contribution in [0.3, 0.4) is 0 Å². The number of hydrogen-bond donors (Lipinski definition) is 2. The van der Waals surface area contributed by atoms with Crippen LogP contribution in [0.4, 0.5) is 11.8 Å². The zero-order chi connectivity index (χ0) is 14.3. The highest BCUT2D eigenvalue weighted by Crippen LogP contribution is 2.33. The molecule has 0 saturated heterocycles. The van der Waals surface area contributed by atoms with Crippen molar-refractivity contribution in [2.75, 3.05) is 11.5 Å². The van der Waals surface area contributed by atoms with Crippen molar-refractivity contribution < 1.29 is 4.11 Å². The number of rotatable bonds is 1. The molecular formula is C9H7Cl2N5. The summed E-state index contributed by atoms with van der Waals surface area (Å²) in [4.78, 5) is 3.70. The lowest BCUT2D eigenvalue weighted by Crippen LogP contribution is -2.04. The third-order valence-corrected chi connectivity index (χ3v) is 2.50. The molecule has 1 aromatic heterocycles. The largest absolute Gasteiger partial charge is 0.382 e. The lowest BCUT2D eigenvalue weighted by Gasteiger charge is -2.06. The van der Waals surface area contributed by atoms with Gasteiger partial charge < -0.3 is 11.5 Å². The van der Waals surface area contributed by atoms with Crippen molar-refractivity contribution in [2.45, 2.75) is 0 Å². The molecule has 0 saturated carbocycles. The Morgan fingerprint density at radius 3 is 2.62 bits per heavy atom. The maximum absolute atomic E-state index is 7.83. The molecule has 0 radical (unpaired) electrons. The zero-order valence-electron chi connectivity index (χ0n) is 10.8. The quantitative estimate of drug-likeness (QED) is 0.818. The van der Waals surface area contributed by atoms with Crippen LogP contribution in [0, 0.1) is 0 Å². The number of benzene rings is 1. The Balaban J connectivity index is 2.83. The number of halogens is 2. The Hall–Kier alpha value is -1.59. The van der Waals surface area contributed by atoms with Crippen molar-refractivity contribution in [1.82, 2.24) is 15.2 Å². The van der Waals surface area contributed by atoms with E-state index >= 15 is 0 Å². The number of nitrogens with two attached hydrogens (primary N) is 2. The smallest absolute Gasteiger partial charge is 0.242 e. The SMILES string of the molecule is [2H]c1c([2H])c(Cl)c(Cl)c(-[13c]2nnc(N)nc2N)c1[2H]. The monoisotopic (exact) mass is 259 g/mol. The van der Waals surface area contributed by atoms with Gasteiger partial charge >= 0.3 is 0 Å². The van der Waals surface area contributed by atoms with E-state index in [0.717, 1.165) is 0 Å². The van der Waals surface area contributed by atoms with E-state index in [9.17, 15) is 0 Å². The summed E-state index contributed by atoms with van der Waals surface area (Å²) in [5.74, 6) is -0.214. The van der Waals surface area contributed by atoms with E-state index in [0.29, 0.717) is 0 Å². The van der Waals surface area contributed by atoms with Gasteiger partial charge in [-0.05, 0) is 6.04 Å². The van der Waals surface area contributed by atoms with Gasteiger partial charge in [0.2, 0.25) is 5.95 Å². The molecule has 0 fully saturated rings. The molecule has 4 N–H and O–H groups in total. The van der Waals surface area contributed by atoms with E-state index in [1.807, 2.05) is 0 Å². The van der Waals surface area contributed by atoms with Gasteiger partial charge in [0.25, 0.3) is 0 Å². The number of nitrogens with zero attached hydrogens (tertiary/aromatic N) is 3. The molecule has 0 aliphatic heterocycles. The van der Waals surface area contributed by atoms with Gasteiger partial charge in [0.05, 0.1) is 14.2 Å². The molecule has 0 atom stereocenters. The van der Waals surface area contributed by atoms with E-state index in [4.69, 9.17) is 38.8 Å². The topological polar surface area (TPSA) is 90.7 Å². The lowest BCUT2D eigenvalue weighted by molar-refractivity contribution is 1.000. The van der Waals surface area contributed by atoms with E-state index in [1.54, 1.807) is 0 Å². The van der Waals surface area contributed by atoms with Crippen molar-refractivity contribution >= 4 is 35.0 Å². The Labute approximate surface area is 106 Å². The fourth-order valence-electron chi connectivity index (χ4n) is 1.06. The molecule has 0 aliphatic carbocycles. The van der Waals surface area contributed by atoms with Crippen LogP contribution in [0.5, 0.6) is 0 Å². The lowest BCUT2D eigenvalue weighted by atomic mass is 10.3. The minimum absolute atomic E-state index is 0.000370. The molecule has 16 heavy (non-hydrogen) atoms. The van der Waals surface area contributed by atoms with E-state index in [2.05, 4.69) is 15.2 Å². The van der Waals surface area contributed by atoms with Gasteiger partial charge in [-0.3, -0.25) is 0 Å². The van der Waals surface area contributed by atoms with E-state index in [1.165, 1.54) is 0 Å². The first-order valence-electron chi connectivity index (χ1n) is 5.55. The highest BCUT2D eigenvalue weighted by Gasteiger charge is 2.12. The predicted molar refractivity (Wildman–Crippen MR) is 64.1 cm³/mol. The van der Waals surface area contributed by atoms with Gasteiger partial charge in [0, 0.05) is 5.56 Å². The van der Waals surface area contributed by atoms with Crippen LogP contribution in [0.1, 0.15) is 4.11 Å². The third-order valence-electron chi connectivity index (χ3n) is 1.74. The van der Waals surface area contributed by atoms with Gasteiger partial charge in [0.1, 0.15) is 5.69 Å². The van der Waals surface area contributed by atoms with E-state index in [-0.39, 0.29) is 51.2 Å². The average Bonchev–Trinajstić information content (AvgIpc) is 2.37. The first-order valence-corrected chi connectivity index (χ1v) is 4.81. The summed E-state index contributed by atoms with van der Waals surface area (Å²) in [7, 11) is 0.